The first-order chi connectivity index (χ1) is 5.66. The van der Waals surface area contributed by atoms with Gasteiger partial charge >= 0.3 is 0 Å². The maximum Gasteiger partial charge on any atom is 0.0544 e. The summed E-state index contributed by atoms with van der Waals surface area (Å²) >= 11 is 0. The van der Waals surface area contributed by atoms with E-state index in [2.05, 4.69) is 6.92 Å². The molecule has 0 saturated carbocycles. The lowest BCUT2D eigenvalue weighted by molar-refractivity contribution is -0.305. The van der Waals surface area contributed by atoms with Crippen molar-refractivity contribution in [2.75, 3.05) is 6.61 Å². The van der Waals surface area contributed by atoms with E-state index in [4.69, 9.17) is 4.74 Å². The highest BCUT2D eigenvalue weighted by Gasteiger charge is 1.96. The molecule has 12 heavy (non-hydrogen) atoms. The number of carbonyl (C=O) groups is 1. The first-order valence-corrected chi connectivity index (χ1v) is 4.48. The fraction of sp³-hybridized carbons (Fsp3) is 0.889. The van der Waals surface area contributed by atoms with Crippen LogP contribution in [0.25, 0.3) is 0 Å². The second-order valence-electron chi connectivity index (χ2n) is 2.92. The summed E-state index contributed by atoms with van der Waals surface area (Å²) in [4.78, 5) is 10.0. The summed E-state index contributed by atoms with van der Waals surface area (Å²) in [5, 5.41) is 10.0. The molecule has 72 valence electrons. The topological polar surface area (TPSA) is 49.4 Å². The number of carboxylic acid groups (broad SMARTS) is 1. The number of hydrogen-bond donors (Lipinski definition) is 0. The van der Waals surface area contributed by atoms with E-state index in [1.54, 1.807) is 0 Å². The van der Waals surface area contributed by atoms with Crippen LogP contribution in [0.3, 0.4) is 0 Å². The Hall–Kier alpha value is -0.570. The van der Waals surface area contributed by atoms with Gasteiger partial charge in [-0.05, 0) is 32.6 Å². The van der Waals surface area contributed by atoms with Crippen LogP contribution in [0, 0.1) is 0 Å². The molecule has 3 nitrogen and oxygen atoms in total. The lowest BCUT2D eigenvalue weighted by Crippen LogP contribution is -2.21. The van der Waals surface area contributed by atoms with Crippen molar-refractivity contribution in [2.45, 2.75) is 45.6 Å². The third-order valence-corrected chi connectivity index (χ3v) is 1.75. The number of carbonyl (C=O) groups excluding carboxylic acids is 1. The van der Waals surface area contributed by atoms with E-state index in [1.165, 1.54) is 0 Å². The molecule has 0 saturated heterocycles. The molecule has 0 heterocycles. The molecule has 0 N–H and O–H groups in total. The zero-order chi connectivity index (χ0) is 9.40. The third-order valence-electron chi connectivity index (χ3n) is 1.75. The minimum atomic E-state index is -0.974. The third kappa shape index (κ3) is 7.54. The van der Waals surface area contributed by atoms with E-state index < -0.39 is 5.97 Å². The monoisotopic (exact) mass is 173 g/mol. The molecule has 0 aromatic carbocycles. The quantitative estimate of drug-likeness (QED) is 0.533. The minimum Gasteiger partial charge on any atom is -0.550 e. The predicted octanol–water partition coefficient (Wildman–Crippen LogP) is 0.722. The second kappa shape index (κ2) is 7.10. The van der Waals surface area contributed by atoms with Crippen LogP contribution in [0.2, 0.25) is 0 Å². The van der Waals surface area contributed by atoms with Crippen molar-refractivity contribution >= 4 is 5.97 Å². The number of rotatable bonds is 7. The SMILES string of the molecule is CCC(C)OCCCCC(=O)[O-]. The molecular weight excluding hydrogens is 156 g/mol. The molecule has 0 amide bonds. The van der Waals surface area contributed by atoms with Crippen LogP contribution in [-0.4, -0.2) is 18.7 Å². The molecule has 0 fully saturated rings. The molecule has 0 bridgehead atoms. The van der Waals surface area contributed by atoms with Crippen molar-refractivity contribution < 1.29 is 14.6 Å². The van der Waals surface area contributed by atoms with Crippen molar-refractivity contribution in [1.29, 1.82) is 0 Å². The highest BCUT2D eigenvalue weighted by atomic mass is 16.5. The Morgan fingerprint density at radius 1 is 1.50 bits per heavy atom. The molecule has 0 spiro atoms. The highest BCUT2D eigenvalue weighted by molar-refractivity contribution is 5.63. The van der Waals surface area contributed by atoms with Crippen LogP contribution in [-0.2, 0) is 9.53 Å². The van der Waals surface area contributed by atoms with Crippen LogP contribution in [0.1, 0.15) is 39.5 Å². The zero-order valence-corrected chi connectivity index (χ0v) is 7.84. The highest BCUT2D eigenvalue weighted by Crippen LogP contribution is 2.00. The van der Waals surface area contributed by atoms with Crippen molar-refractivity contribution in [3.63, 3.8) is 0 Å². The van der Waals surface area contributed by atoms with Gasteiger partial charge in [0.05, 0.1) is 6.10 Å². The van der Waals surface area contributed by atoms with E-state index in [-0.39, 0.29) is 12.5 Å². The van der Waals surface area contributed by atoms with Gasteiger partial charge in [-0.25, -0.2) is 0 Å². The van der Waals surface area contributed by atoms with Gasteiger partial charge in [0.1, 0.15) is 0 Å². The van der Waals surface area contributed by atoms with Crippen LogP contribution in [0.15, 0.2) is 0 Å². The first-order valence-electron chi connectivity index (χ1n) is 4.48. The smallest absolute Gasteiger partial charge is 0.0544 e. The molecule has 0 aromatic rings. The Morgan fingerprint density at radius 3 is 2.67 bits per heavy atom. The molecule has 0 radical (unpaired) electrons. The normalized spacial score (nSPS) is 12.8. The number of unbranched alkanes of at least 4 members (excludes halogenated alkanes) is 1. The number of hydrogen-bond acceptors (Lipinski definition) is 3. The molecule has 0 aromatic heterocycles. The van der Waals surface area contributed by atoms with E-state index in [1.807, 2.05) is 6.92 Å². The summed E-state index contributed by atoms with van der Waals surface area (Å²) in [7, 11) is 0. The van der Waals surface area contributed by atoms with Gasteiger partial charge in [0.2, 0.25) is 0 Å². The second-order valence-corrected chi connectivity index (χ2v) is 2.92. The molecule has 1 unspecified atom stereocenters. The van der Waals surface area contributed by atoms with Crippen LogP contribution < -0.4 is 5.11 Å². The minimum absolute atomic E-state index is 0.143. The molecule has 0 aliphatic heterocycles. The summed E-state index contributed by atoms with van der Waals surface area (Å²) in [5.41, 5.74) is 0. The van der Waals surface area contributed by atoms with Gasteiger partial charge in [0.25, 0.3) is 0 Å². The Balaban J connectivity index is 3.05. The van der Waals surface area contributed by atoms with Gasteiger partial charge in [-0.3, -0.25) is 0 Å². The summed E-state index contributed by atoms with van der Waals surface area (Å²) in [6, 6.07) is 0. The molecule has 1 atom stereocenters. The van der Waals surface area contributed by atoms with Gasteiger partial charge in [-0.2, -0.15) is 0 Å². The average molecular weight is 173 g/mol. The number of ether oxygens (including phenoxy) is 1. The van der Waals surface area contributed by atoms with E-state index >= 15 is 0 Å². The van der Waals surface area contributed by atoms with Crippen molar-refractivity contribution in [3.8, 4) is 0 Å². The van der Waals surface area contributed by atoms with Crippen LogP contribution >= 0.6 is 0 Å². The Labute approximate surface area is 73.7 Å². The first kappa shape index (κ1) is 11.4. The summed E-state index contributed by atoms with van der Waals surface area (Å²) < 4.78 is 5.36. The lowest BCUT2D eigenvalue weighted by Gasteiger charge is -2.09. The van der Waals surface area contributed by atoms with Crippen molar-refractivity contribution in [3.05, 3.63) is 0 Å². The summed E-state index contributed by atoms with van der Waals surface area (Å²) in [5.74, 6) is -0.974. The Morgan fingerprint density at radius 2 is 2.17 bits per heavy atom. The maximum atomic E-state index is 10.0. The summed E-state index contributed by atoms with van der Waals surface area (Å²) in [6.07, 6.45) is 2.88. The van der Waals surface area contributed by atoms with E-state index in [0.29, 0.717) is 13.0 Å². The van der Waals surface area contributed by atoms with Gasteiger partial charge in [0.15, 0.2) is 0 Å². The van der Waals surface area contributed by atoms with Gasteiger partial charge in [-0.1, -0.05) is 6.92 Å². The Kier molecular flexibility index (Phi) is 6.76. The van der Waals surface area contributed by atoms with Gasteiger partial charge in [-0.15, -0.1) is 0 Å². The van der Waals surface area contributed by atoms with Gasteiger partial charge < -0.3 is 14.6 Å². The van der Waals surface area contributed by atoms with E-state index in [9.17, 15) is 9.90 Å². The van der Waals surface area contributed by atoms with Crippen molar-refractivity contribution in [1.82, 2.24) is 0 Å². The molecule has 0 aliphatic rings. The fourth-order valence-electron chi connectivity index (χ4n) is 0.774. The van der Waals surface area contributed by atoms with Crippen molar-refractivity contribution in [2.24, 2.45) is 0 Å². The maximum absolute atomic E-state index is 10.0. The number of aliphatic carboxylic acids is 1. The standard InChI is InChI=1S/C9H18O3/c1-3-8(2)12-7-5-4-6-9(10)11/h8H,3-7H2,1-2H3,(H,10,11)/p-1. The predicted molar refractivity (Wildman–Crippen MR) is 44.6 cm³/mol. The molecule has 0 aliphatic carbocycles. The van der Waals surface area contributed by atoms with Crippen LogP contribution in [0.5, 0.6) is 0 Å². The Bertz CT molecular complexity index is 123. The largest absolute Gasteiger partial charge is 0.550 e. The fourth-order valence-corrected chi connectivity index (χ4v) is 0.774. The van der Waals surface area contributed by atoms with E-state index in [0.717, 1.165) is 12.8 Å². The molecular formula is C9H17O3-. The summed E-state index contributed by atoms with van der Waals surface area (Å²) in [6.45, 7) is 4.73. The lowest BCUT2D eigenvalue weighted by atomic mass is 10.2. The zero-order valence-electron chi connectivity index (χ0n) is 7.84. The van der Waals surface area contributed by atoms with Gasteiger partial charge in [0, 0.05) is 12.6 Å². The molecule has 0 rings (SSSR count). The van der Waals surface area contributed by atoms with Crippen LogP contribution in [0.4, 0.5) is 0 Å². The molecule has 3 heteroatoms. The average Bonchev–Trinajstić information content (AvgIpc) is 2.03. The number of carboxylic acids is 1.